The molecule has 2 aromatic rings. The van der Waals surface area contributed by atoms with E-state index in [0.717, 1.165) is 30.8 Å². The fourth-order valence-electron chi connectivity index (χ4n) is 2.44. The summed E-state index contributed by atoms with van der Waals surface area (Å²) in [7, 11) is 0. The lowest BCUT2D eigenvalue weighted by molar-refractivity contribution is 0.122. The predicted molar refractivity (Wildman–Crippen MR) is 70.8 cm³/mol. The average molecular weight is 263 g/mol. The zero-order valence-electron chi connectivity index (χ0n) is 11.1. The first-order chi connectivity index (χ1) is 9.22. The van der Waals surface area contributed by atoms with Gasteiger partial charge in [-0.3, -0.25) is 0 Å². The third kappa shape index (κ3) is 1.90. The van der Waals surface area contributed by atoms with E-state index in [9.17, 15) is 4.79 Å². The Balaban J connectivity index is 2.24. The normalized spacial score (nSPS) is 16.2. The van der Waals surface area contributed by atoms with E-state index < -0.39 is 0 Å². The van der Waals surface area contributed by atoms with E-state index in [1.165, 1.54) is 0 Å². The van der Waals surface area contributed by atoms with Gasteiger partial charge in [-0.25, -0.2) is 19.3 Å². The van der Waals surface area contributed by atoms with Crippen LogP contribution in [-0.2, 0) is 11.2 Å². The van der Waals surface area contributed by atoms with Crippen molar-refractivity contribution in [2.24, 2.45) is 0 Å². The van der Waals surface area contributed by atoms with Crippen LogP contribution in [0.15, 0.2) is 4.79 Å². The summed E-state index contributed by atoms with van der Waals surface area (Å²) in [5.41, 5.74) is 2.36. The molecule has 19 heavy (non-hydrogen) atoms. The number of nitrogens with zero attached hydrogens (tertiary/aromatic N) is 4. The van der Waals surface area contributed by atoms with Crippen LogP contribution in [0.5, 0.6) is 0 Å². The molecule has 0 radical (unpaired) electrons. The highest BCUT2D eigenvalue weighted by molar-refractivity contribution is 5.54. The van der Waals surface area contributed by atoms with Gasteiger partial charge in [0.1, 0.15) is 0 Å². The van der Waals surface area contributed by atoms with E-state index in [0.29, 0.717) is 24.8 Å². The molecule has 7 nitrogen and oxygen atoms in total. The van der Waals surface area contributed by atoms with E-state index in [1.54, 1.807) is 4.40 Å². The Hall–Kier alpha value is -1.89. The fraction of sp³-hybridized carbons (Fsp3) is 0.583. The van der Waals surface area contributed by atoms with Crippen molar-refractivity contribution in [3.63, 3.8) is 0 Å². The summed E-state index contributed by atoms with van der Waals surface area (Å²) >= 11 is 0. The molecule has 7 heteroatoms. The Kier molecular flexibility index (Phi) is 2.98. The van der Waals surface area contributed by atoms with Crippen molar-refractivity contribution in [3.8, 4) is 0 Å². The molecule has 1 saturated heterocycles. The zero-order chi connectivity index (χ0) is 13.4. The monoisotopic (exact) mass is 263 g/mol. The Labute approximate surface area is 110 Å². The minimum absolute atomic E-state index is 0.241. The Morgan fingerprint density at radius 2 is 2.11 bits per heavy atom. The lowest BCUT2D eigenvalue weighted by atomic mass is 10.2. The Bertz CT molecular complexity index is 654. The second kappa shape index (κ2) is 4.65. The topological polar surface area (TPSA) is 75.5 Å². The van der Waals surface area contributed by atoms with E-state index in [1.807, 2.05) is 6.92 Å². The third-order valence-electron chi connectivity index (χ3n) is 3.50. The van der Waals surface area contributed by atoms with Crippen LogP contribution < -0.4 is 10.6 Å². The number of fused-ring (bicyclic) bond motifs is 1. The van der Waals surface area contributed by atoms with Crippen LogP contribution in [-0.4, -0.2) is 45.9 Å². The molecule has 1 fully saturated rings. The van der Waals surface area contributed by atoms with E-state index in [4.69, 9.17) is 4.74 Å². The third-order valence-corrected chi connectivity index (χ3v) is 3.50. The number of rotatable bonds is 2. The van der Waals surface area contributed by atoms with Crippen molar-refractivity contribution < 1.29 is 4.74 Å². The van der Waals surface area contributed by atoms with Crippen LogP contribution in [0, 0.1) is 6.92 Å². The second-order valence-electron chi connectivity index (χ2n) is 4.62. The molecule has 1 aliphatic heterocycles. The molecule has 0 aliphatic carbocycles. The molecular weight excluding hydrogens is 246 g/mol. The number of hydrogen-bond donors (Lipinski definition) is 1. The SMILES string of the molecule is CCc1nc(N2CCOCC2)n2c(=O)[nH]nc2c1C. The summed E-state index contributed by atoms with van der Waals surface area (Å²) in [6.45, 7) is 6.80. The number of morpholine rings is 1. The molecule has 0 saturated carbocycles. The van der Waals surface area contributed by atoms with Gasteiger partial charge in [0, 0.05) is 18.7 Å². The minimum Gasteiger partial charge on any atom is -0.378 e. The Morgan fingerprint density at radius 1 is 1.37 bits per heavy atom. The molecule has 0 aromatic carbocycles. The highest BCUT2D eigenvalue weighted by atomic mass is 16.5. The molecule has 2 aromatic heterocycles. The highest BCUT2D eigenvalue weighted by Gasteiger charge is 2.20. The molecule has 0 atom stereocenters. The molecule has 1 aliphatic rings. The summed E-state index contributed by atoms with van der Waals surface area (Å²) < 4.78 is 6.90. The van der Waals surface area contributed by atoms with Crippen molar-refractivity contribution in [2.45, 2.75) is 20.3 Å². The van der Waals surface area contributed by atoms with Crippen LogP contribution in [0.1, 0.15) is 18.2 Å². The second-order valence-corrected chi connectivity index (χ2v) is 4.62. The molecule has 3 rings (SSSR count). The lowest BCUT2D eigenvalue weighted by Crippen LogP contribution is -2.39. The highest BCUT2D eigenvalue weighted by Crippen LogP contribution is 2.19. The van der Waals surface area contributed by atoms with E-state index in [-0.39, 0.29) is 5.69 Å². The van der Waals surface area contributed by atoms with Gasteiger partial charge in [-0.2, -0.15) is 5.10 Å². The summed E-state index contributed by atoms with van der Waals surface area (Å²) in [6, 6.07) is 0. The van der Waals surface area contributed by atoms with Crippen LogP contribution in [0.4, 0.5) is 5.95 Å². The smallest absolute Gasteiger partial charge is 0.350 e. The van der Waals surface area contributed by atoms with Crippen LogP contribution >= 0.6 is 0 Å². The van der Waals surface area contributed by atoms with Gasteiger partial charge in [0.05, 0.1) is 18.9 Å². The number of H-pyrrole nitrogens is 1. The van der Waals surface area contributed by atoms with Crippen LogP contribution in [0.2, 0.25) is 0 Å². The van der Waals surface area contributed by atoms with Gasteiger partial charge in [0.15, 0.2) is 5.65 Å². The number of nitrogens with one attached hydrogen (secondary N) is 1. The predicted octanol–water partition coefficient (Wildman–Crippen LogP) is 0.125. The number of hydrogen-bond acceptors (Lipinski definition) is 5. The van der Waals surface area contributed by atoms with Crippen molar-refractivity contribution >= 4 is 11.6 Å². The molecule has 0 spiro atoms. The van der Waals surface area contributed by atoms with Gasteiger partial charge in [0.25, 0.3) is 0 Å². The largest absolute Gasteiger partial charge is 0.378 e. The number of aromatic amines is 1. The number of aromatic nitrogens is 4. The summed E-state index contributed by atoms with van der Waals surface area (Å²) in [4.78, 5) is 18.7. The standard InChI is InChI=1S/C12H17N5O2/c1-3-9-8(2)10-14-15-12(18)17(10)11(13-9)16-4-6-19-7-5-16/h3-7H2,1-2H3,(H,15,18). The molecular formula is C12H17N5O2. The summed E-state index contributed by atoms with van der Waals surface area (Å²) in [6.07, 6.45) is 0.820. The molecule has 102 valence electrons. The number of anilines is 1. The number of ether oxygens (including phenoxy) is 1. The molecule has 1 N–H and O–H groups in total. The maximum atomic E-state index is 11.9. The van der Waals surface area contributed by atoms with Gasteiger partial charge < -0.3 is 9.64 Å². The molecule has 3 heterocycles. The first-order valence-electron chi connectivity index (χ1n) is 6.51. The van der Waals surface area contributed by atoms with Gasteiger partial charge in [-0.05, 0) is 13.3 Å². The Morgan fingerprint density at radius 3 is 2.79 bits per heavy atom. The first-order valence-corrected chi connectivity index (χ1v) is 6.51. The van der Waals surface area contributed by atoms with Gasteiger partial charge in [0.2, 0.25) is 5.95 Å². The maximum Gasteiger partial charge on any atom is 0.350 e. The number of aryl methyl sites for hydroxylation is 2. The van der Waals surface area contributed by atoms with Crippen molar-refractivity contribution in [2.75, 3.05) is 31.2 Å². The average Bonchev–Trinajstić information content (AvgIpc) is 2.83. The van der Waals surface area contributed by atoms with Gasteiger partial charge in [-0.15, -0.1) is 0 Å². The molecule has 0 bridgehead atoms. The van der Waals surface area contributed by atoms with E-state index in [2.05, 4.69) is 27.0 Å². The lowest BCUT2D eigenvalue weighted by Gasteiger charge is -2.28. The maximum absolute atomic E-state index is 11.9. The van der Waals surface area contributed by atoms with Gasteiger partial charge >= 0.3 is 5.69 Å². The fourth-order valence-corrected chi connectivity index (χ4v) is 2.44. The van der Waals surface area contributed by atoms with E-state index >= 15 is 0 Å². The van der Waals surface area contributed by atoms with Crippen molar-refractivity contribution in [1.82, 2.24) is 19.6 Å². The van der Waals surface area contributed by atoms with Crippen molar-refractivity contribution in [3.05, 3.63) is 21.7 Å². The first kappa shape index (κ1) is 12.2. The van der Waals surface area contributed by atoms with Crippen LogP contribution in [0.3, 0.4) is 0 Å². The quantitative estimate of drug-likeness (QED) is 0.833. The van der Waals surface area contributed by atoms with Gasteiger partial charge in [-0.1, -0.05) is 6.92 Å². The van der Waals surface area contributed by atoms with Crippen LogP contribution in [0.25, 0.3) is 5.65 Å². The molecule has 0 unspecified atom stereocenters. The summed E-state index contributed by atoms with van der Waals surface area (Å²) in [5.74, 6) is 0.666. The minimum atomic E-state index is -0.241. The molecule has 0 amide bonds. The summed E-state index contributed by atoms with van der Waals surface area (Å²) in [5, 5.41) is 6.62. The zero-order valence-corrected chi connectivity index (χ0v) is 11.1. The van der Waals surface area contributed by atoms with Crippen molar-refractivity contribution in [1.29, 1.82) is 0 Å².